The Balaban J connectivity index is 0.000000180. The van der Waals surface area contributed by atoms with Crippen LogP contribution in [-0.4, -0.2) is 146 Å². The third-order valence-electron chi connectivity index (χ3n) is 13.1. The van der Waals surface area contributed by atoms with Crippen molar-refractivity contribution < 1.29 is 33.7 Å². The number of benzene rings is 2. The van der Waals surface area contributed by atoms with Crippen LogP contribution in [0.15, 0.2) is 59.3 Å². The summed E-state index contributed by atoms with van der Waals surface area (Å²) < 4.78 is 16.0. The number of piperidine rings is 2. The molecule has 1 aliphatic carbocycles. The van der Waals surface area contributed by atoms with Gasteiger partial charge in [0.05, 0.1) is 50.5 Å². The van der Waals surface area contributed by atoms with Gasteiger partial charge >= 0.3 is 11.9 Å². The van der Waals surface area contributed by atoms with E-state index < -0.39 is 11.5 Å². The van der Waals surface area contributed by atoms with Crippen LogP contribution in [0.4, 0.5) is 10.3 Å². The first kappa shape index (κ1) is 44.2. The maximum atomic E-state index is 13.0. The van der Waals surface area contributed by atoms with Crippen molar-refractivity contribution in [3.05, 3.63) is 70.4 Å². The number of amides is 1. The smallest absolute Gasteiger partial charge is 0.335 e. The molecule has 14 nitrogen and oxygen atoms in total. The van der Waals surface area contributed by atoms with Gasteiger partial charge < -0.3 is 34.4 Å². The maximum Gasteiger partial charge on any atom is 0.335 e. The first-order chi connectivity index (χ1) is 30.3. The lowest BCUT2D eigenvalue weighted by Gasteiger charge is -2.40. The van der Waals surface area contributed by atoms with Crippen molar-refractivity contribution in [1.29, 1.82) is 0 Å². The fourth-order valence-corrected chi connectivity index (χ4v) is 11.2. The number of thiazole rings is 2. The lowest BCUT2D eigenvalue weighted by atomic mass is 9.81. The van der Waals surface area contributed by atoms with Crippen LogP contribution in [0.25, 0.3) is 22.5 Å². The average molecular weight is 886 g/mol. The number of carboxylic acids is 1. The average Bonchev–Trinajstić information content (AvgIpc) is 4.05. The highest BCUT2D eigenvalue weighted by atomic mass is 32.1. The van der Waals surface area contributed by atoms with Crippen molar-refractivity contribution in [3.8, 4) is 22.5 Å². The Labute approximate surface area is 372 Å². The highest BCUT2D eigenvalue weighted by Crippen LogP contribution is 2.33. The second-order valence-corrected chi connectivity index (χ2v) is 18.5. The van der Waals surface area contributed by atoms with Crippen LogP contribution in [0.5, 0.6) is 0 Å². The third kappa shape index (κ3) is 10.7. The molecule has 0 atom stereocenters. The molecule has 4 saturated heterocycles. The fraction of sp³-hybridized carbons (Fsp3) is 0.543. The fourth-order valence-electron chi connectivity index (χ4n) is 9.41. The van der Waals surface area contributed by atoms with Gasteiger partial charge in [-0.2, -0.15) is 0 Å². The highest BCUT2D eigenvalue weighted by Gasteiger charge is 2.42. The number of anilines is 2. The zero-order valence-corrected chi connectivity index (χ0v) is 37.3. The van der Waals surface area contributed by atoms with Gasteiger partial charge in [-0.15, -0.1) is 22.7 Å². The topological polar surface area (TPSA) is 150 Å². The number of esters is 1. The molecule has 16 heteroatoms. The molecule has 6 heterocycles. The Hall–Kier alpha value is -4.45. The Morgan fingerprint density at radius 1 is 0.661 bits per heavy atom. The van der Waals surface area contributed by atoms with E-state index in [9.17, 15) is 14.4 Å². The first-order valence-electron chi connectivity index (χ1n) is 22.2. The SMILES string of the molecule is COC(=O)C1(NC(=O)c2ccc(-c3csc(N4CCC(N5CCOCC5)CC4)n3)cc2)CCCCC1.O=C(O)c1ccc(-c2csc(N3CCC(N4CCOCC4)CC3)n2)cc1. The number of nitrogens with one attached hydrogen (secondary N) is 1. The number of nitrogens with zero attached hydrogens (tertiary/aromatic N) is 6. The minimum Gasteiger partial charge on any atom is -0.478 e. The van der Waals surface area contributed by atoms with E-state index in [1.807, 2.05) is 36.4 Å². The number of carboxylic acid groups (broad SMARTS) is 1. The summed E-state index contributed by atoms with van der Waals surface area (Å²) in [5, 5.41) is 18.3. The number of aromatic nitrogens is 2. The van der Waals surface area contributed by atoms with Gasteiger partial charge in [-0.1, -0.05) is 43.5 Å². The second kappa shape index (κ2) is 20.8. The molecule has 4 aliphatic heterocycles. The quantitative estimate of drug-likeness (QED) is 0.167. The number of ether oxygens (including phenoxy) is 3. The summed E-state index contributed by atoms with van der Waals surface area (Å²) >= 11 is 3.34. The maximum absolute atomic E-state index is 13.0. The number of methoxy groups -OCH3 is 1. The van der Waals surface area contributed by atoms with Crippen molar-refractivity contribution in [2.75, 3.05) is 95.7 Å². The van der Waals surface area contributed by atoms with Gasteiger partial charge in [0.15, 0.2) is 10.3 Å². The predicted octanol–water partition coefficient (Wildman–Crippen LogP) is 6.53. The summed E-state index contributed by atoms with van der Waals surface area (Å²) in [7, 11) is 1.38. The standard InChI is InChI=1S/C27H36N4O4S.C19H23N3O3S/c1-34-25(33)27(11-3-2-4-12-27)29-24(32)21-7-5-20(6-8-21)23-19-36-26(28-23)31-13-9-22(10-14-31)30-15-17-35-18-16-30;23-18(24)15-3-1-14(2-4-15)17-13-26-19(20-17)22-7-5-16(6-8-22)21-9-11-25-12-10-21/h5-8,19,22H,2-4,9-18H2,1H3,(H,29,32);1-4,13,16H,5-12H2,(H,23,24). The monoisotopic (exact) mass is 885 g/mol. The number of carbonyl (C=O) groups is 3. The van der Waals surface area contributed by atoms with Gasteiger partial charge in [0, 0.05) is 91.9 Å². The Morgan fingerprint density at radius 2 is 1.10 bits per heavy atom. The molecule has 1 amide bonds. The van der Waals surface area contributed by atoms with E-state index in [1.165, 1.54) is 20.0 Å². The Morgan fingerprint density at radius 3 is 1.52 bits per heavy atom. The molecule has 0 spiro atoms. The molecule has 62 heavy (non-hydrogen) atoms. The summed E-state index contributed by atoms with van der Waals surface area (Å²) in [5.74, 6) is -1.49. The van der Waals surface area contributed by atoms with Crippen molar-refractivity contribution >= 4 is 50.8 Å². The van der Waals surface area contributed by atoms with Crippen LogP contribution in [-0.2, 0) is 19.0 Å². The minimum atomic E-state index is -0.915. The van der Waals surface area contributed by atoms with Crippen LogP contribution in [0, 0.1) is 0 Å². The predicted molar refractivity (Wildman–Crippen MR) is 243 cm³/mol. The van der Waals surface area contributed by atoms with Gasteiger partial charge in [-0.3, -0.25) is 14.6 Å². The van der Waals surface area contributed by atoms with E-state index >= 15 is 0 Å². The molecule has 2 N–H and O–H groups in total. The largest absolute Gasteiger partial charge is 0.478 e. The molecular formula is C46H59N7O7S2. The molecule has 4 aromatic rings. The van der Waals surface area contributed by atoms with E-state index in [-0.39, 0.29) is 11.9 Å². The summed E-state index contributed by atoms with van der Waals surface area (Å²) in [6.07, 6.45) is 8.78. The summed E-state index contributed by atoms with van der Waals surface area (Å²) in [6.45, 7) is 11.7. The molecule has 0 unspecified atom stereocenters. The van der Waals surface area contributed by atoms with Crippen molar-refractivity contribution in [2.45, 2.75) is 75.4 Å². The number of carbonyl (C=O) groups excluding carboxylic acids is 2. The van der Waals surface area contributed by atoms with Crippen LogP contribution in [0.2, 0.25) is 0 Å². The van der Waals surface area contributed by atoms with Gasteiger partial charge in [0.25, 0.3) is 5.91 Å². The van der Waals surface area contributed by atoms with E-state index in [0.29, 0.717) is 36.1 Å². The van der Waals surface area contributed by atoms with Gasteiger partial charge in [0.1, 0.15) is 5.54 Å². The lowest BCUT2D eigenvalue weighted by Crippen LogP contribution is -2.56. The van der Waals surface area contributed by atoms with Crippen LogP contribution < -0.4 is 15.1 Å². The van der Waals surface area contributed by atoms with Crippen molar-refractivity contribution in [3.63, 3.8) is 0 Å². The zero-order chi connectivity index (χ0) is 42.9. The minimum absolute atomic E-state index is 0.240. The van der Waals surface area contributed by atoms with Crippen LogP contribution in [0.1, 0.15) is 78.5 Å². The molecule has 5 aliphatic rings. The number of rotatable bonds is 10. The van der Waals surface area contributed by atoms with Crippen LogP contribution >= 0.6 is 22.7 Å². The van der Waals surface area contributed by atoms with Gasteiger partial charge in [0.2, 0.25) is 0 Å². The van der Waals surface area contributed by atoms with Crippen molar-refractivity contribution in [1.82, 2.24) is 25.1 Å². The second-order valence-electron chi connectivity index (χ2n) is 16.8. The molecule has 332 valence electrons. The van der Waals surface area contributed by atoms with E-state index in [1.54, 1.807) is 34.8 Å². The van der Waals surface area contributed by atoms with Gasteiger partial charge in [-0.25, -0.2) is 19.6 Å². The first-order valence-corrected chi connectivity index (χ1v) is 23.9. The number of hydrogen-bond donors (Lipinski definition) is 2. The molecule has 1 saturated carbocycles. The normalized spacial score (nSPS) is 20.5. The van der Waals surface area contributed by atoms with Crippen molar-refractivity contribution in [2.24, 2.45) is 0 Å². The number of morpholine rings is 2. The summed E-state index contributed by atoms with van der Waals surface area (Å²) in [6, 6.07) is 15.7. The molecule has 2 aromatic carbocycles. The molecule has 2 aromatic heterocycles. The highest BCUT2D eigenvalue weighted by molar-refractivity contribution is 7.14. The Kier molecular flexibility index (Phi) is 14.8. The zero-order valence-electron chi connectivity index (χ0n) is 35.7. The summed E-state index contributed by atoms with van der Waals surface area (Å²) in [5.41, 5.74) is 3.70. The number of aromatic carboxylic acids is 1. The van der Waals surface area contributed by atoms with E-state index in [4.69, 9.17) is 29.3 Å². The van der Waals surface area contributed by atoms with E-state index in [0.717, 1.165) is 144 Å². The summed E-state index contributed by atoms with van der Waals surface area (Å²) in [4.78, 5) is 56.0. The lowest BCUT2D eigenvalue weighted by molar-refractivity contribution is -0.149. The third-order valence-corrected chi connectivity index (χ3v) is 14.9. The molecule has 0 radical (unpaired) electrons. The number of hydrogen-bond acceptors (Lipinski definition) is 14. The van der Waals surface area contributed by atoms with E-state index in [2.05, 4.69) is 35.7 Å². The molecule has 9 rings (SSSR count). The molecule has 0 bridgehead atoms. The molecule has 5 fully saturated rings. The van der Waals surface area contributed by atoms with Crippen LogP contribution in [0.3, 0.4) is 0 Å². The van der Waals surface area contributed by atoms with Gasteiger partial charge in [-0.05, 0) is 62.8 Å². The molecular weight excluding hydrogens is 827 g/mol. The Bertz CT molecular complexity index is 2080.